The van der Waals surface area contributed by atoms with Crippen LogP contribution in [0, 0.1) is 0 Å². The molecule has 0 aliphatic carbocycles. The molecule has 4 rings (SSSR count). The van der Waals surface area contributed by atoms with Crippen LogP contribution in [0.15, 0.2) is 91.0 Å². The SMILES string of the molecule is CN(C)C(=O)C(CCN1CCCN(c2ccccc2)CC1)(c1ccccc1)c1ccccc1. The summed E-state index contributed by atoms with van der Waals surface area (Å²) in [5, 5.41) is 0. The molecule has 0 spiro atoms. The van der Waals surface area contributed by atoms with Crippen LogP contribution in [-0.2, 0) is 10.2 Å². The van der Waals surface area contributed by atoms with Gasteiger partial charge in [0.1, 0.15) is 5.41 Å². The van der Waals surface area contributed by atoms with Crippen LogP contribution in [0.1, 0.15) is 24.0 Å². The van der Waals surface area contributed by atoms with Gasteiger partial charge in [-0.25, -0.2) is 0 Å². The summed E-state index contributed by atoms with van der Waals surface area (Å²) in [7, 11) is 3.74. The number of carbonyl (C=O) groups excluding carboxylic acids is 1. The Morgan fingerprint density at radius 1 is 0.758 bits per heavy atom. The lowest BCUT2D eigenvalue weighted by Gasteiger charge is -2.37. The van der Waals surface area contributed by atoms with Gasteiger partial charge in [0.15, 0.2) is 0 Å². The third kappa shape index (κ3) is 5.12. The molecule has 1 aliphatic rings. The molecule has 1 aliphatic heterocycles. The van der Waals surface area contributed by atoms with E-state index in [1.165, 1.54) is 5.69 Å². The zero-order valence-corrected chi connectivity index (χ0v) is 19.9. The van der Waals surface area contributed by atoms with Crippen molar-refractivity contribution in [3.05, 3.63) is 102 Å². The maximum atomic E-state index is 13.8. The fraction of sp³-hybridized carbons (Fsp3) is 0.345. The zero-order valence-electron chi connectivity index (χ0n) is 19.9. The van der Waals surface area contributed by atoms with E-state index in [1.807, 2.05) is 50.5 Å². The smallest absolute Gasteiger partial charge is 0.237 e. The van der Waals surface area contributed by atoms with E-state index in [4.69, 9.17) is 0 Å². The highest BCUT2D eigenvalue weighted by Crippen LogP contribution is 2.38. The Balaban J connectivity index is 1.59. The summed E-state index contributed by atoms with van der Waals surface area (Å²) < 4.78 is 0. The molecule has 33 heavy (non-hydrogen) atoms. The molecule has 0 aromatic heterocycles. The maximum absolute atomic E-state index is 13.8. The number of nitrogens with zero attached hydrogens (tertiary/aromatic N) is 3. The Hall–Kier alpha value is -3.11. The first-order valence-corrected chi connectivity index (χ1v) is 12.0. The van der Waals surface area contributed by atoms with Gasteiger partial charge in [-0.1, -0.05) is 78.9 Å². The fourth-order valence-corrected chi connectivity index (χ4v) is 5.05. The molecule has 1 saturated heterocycles. The van der Waals surface area contributed by atoms with Crippen LogP contribution < -0.4 is 4.90 Å². The van der Waals surface area contributed by atoms with E-state index in [9.17, 15) is 4.79 Å². The summed E-state index contributed by atoms with van der Waals surface area (Å²) in [6, 6.07) is 31.3. The van der Waals surface area contributed by atoms with Gasteiger partial charge in [0.25, 0.3) is 0 Å². The Morgan fingerprint density at radius 3 is 1.85 bits per heavy atom. The first-order chi connectivity index (χ1) is 16.1. The van der Waals surface area contributed by atoms with E-state index < -0.39 is 5.41 Å². The number of carbonyl (C=O) groups is 1. The molecule has 3 aromatic carbocycles. The molecular formula is C29H35N3O. The number of hydrogen-bond acceptors (Lipinski definition) is 3. The van der Waals surface area contributed by atoms with Crippen LogP contribution in [0.4, 0.5) is 5.69 Å². The molecule has 4 heteroatoms. The molecule has 1 amide bonds. The van der Waals surface area contributed by atoms with Crippen molar-refractivity contribution in [3.63, 3.8) is 0 Å². The topological polar surface area (TPSA) is 26.8 Å². The Labute approximate surface area is 198 Å². The van der Waals surface area contributed by atoms with E-state index >= 15 is 0 Å². The molecule has 172 valence electrons. The van der Waals surface area contributed by atoms with Crippen molar-refractivity contribution in [2.24, 2.45) is 0 Å². The van der Waals surface area contributed by atoms with Crippen molar-refractivity contribution >= 4 is 11.6 Å². The molecule has 0 saturated carbocycles. The molecule has 4 nitrogen and oxygen atoms in total. The number of anilines is 1. The lowest BCUT2D eigenvalue weighted by Crippen LogP contribution is -2.47. The fourth-order valence-electron chi connectivity index (χ4n) is 5.05. The number of para-hydroxylation sites is 1. The van der Waals surface area contributed by atoms with Gasteiger partial charge in [-0.15, -0.1) is 0 Å². The number of hydrogen-bond donors (Lipinski definition) is 0. The lowest BCUT2D eigenvalue weighted by atomic mass is 9.70. The van der Waals surface area contributed by atoms with Crippen molar-refractivity contribution < 1.29 is 4.79 Å². The second kappa shape index (κ2) is 10.7. The van der Waals surface area contributed by atoms with E-state index in [2.05, 4.69) is 64.4 Å². The average molecular weight is 442 g/mol. The summed E-state index contributed by atoms with van der Waals surface area (Å²) >= 11 is 0. The highest BCUT2D eigenvalue weighted by molar-refractivity contribution is 5.91. The first-order valence-electron chi connectivity index (χ1n) is 12.0. The standard InChI is InChI=1S/C29H35N3O/c1-30(2)28(33)29(25-13-6-3-7-14-25,26-15-8-4-9-16-26)19-22-31-20-12-21-32(24-23-31)27-17-10-5-11-18-27/h3-11,13-18H,12,19-24H2,1-2H3. The third-order valence-electron chi connectivity index (χ3n) is 6.82. The molecule has 3 aromatic rings. The molecular weight excluding hydrogens is 406 g/mol. The minimum atomic E-state index is -0.697. The largest absolute Gasteiger partial charge is 0.370 e. The van der Waals surface area contributed by atoms with Gasteiger partial charge < -0.3 is 14.7 Å². The summed E-state index contributed by atoms with van der Waals surface area (Å²) in [6.45, 7) is 5.02. The van der Waals surface area contributed by atoms with E-state index in [0.717, 1.165) is 56.7 Å². The van der Waals surface area contributed by atoms with Gasteiger partial charge >= 0.3 is 0 Å². The van der Waals surface area contributed by atoms with Crippen molar-refractivity contribution in [1.29, 1.82) is 0 Å². The predicted octanol–water partition coefficient (Wildman–Crippen LogP) is 4.66. The van der Waals surface area contributed by atoms with Crippen LogP contribution in [0.25, 0.3) is 0 Å². The second-order valence-electron chi connectivity index (χ2n) is 9.10. The number of benzene rings is 3. The Bertz CT molecular complexity index is 965. The Morgan fingerprint density at radius 2 is 1.30 bits per heavy atom. The van der Waals surface area contributed by atoms with Crippen LogP contribution in [0.5, 0.6) is 0 Å². The minimum absolute atomic E-state index is 0.139. The molecule has 1 fully saturated rings. The number of amides is 1. The third-order valence-corrected chi connectivity index (χ3v) is 6.82. The van der Waals surface area contributed by atoms with E-state index in [1.54, 1.807) is 4.90 Å². The molecule has 0 atom stereocenters. The van der Waals surface area contributed by atoms with Crippen molar-refractivity contribution in [1.82, 2.24) is 9.80 Å². The van der Waals surface area contributed by atoms with Gasteiger partial charge in [-0.2, -0.15) is 0 Å². The van der Waals surface area contributed by atoms with Crippen molar-refractivity contribution in [2.75, 3.05) is 51.7 Å². The normalized spacial score (nSPS) is 15.2. The predicted molar refractivity (Wildman–Crippen MR) is 137 cm³/mol. The summed E-state index contributed by atoms with van der Waals surface area (Å²) in [5.41, 5.74) is 2.73. The molecule has 1 heterocycles. The highest BCUT2D eigenvalue weighted by Gasteiger charge is 2.43. The van der Waals surface area contributed by atoms with Gasteiger partial charge in [-0.05, 0) is 49.2 Å². The zero-order chi connectivity index (χ0) is 23.1. The van der Waals surface area contributed by atoms with E-state index in [0.29, 0.717) is 0 Å². The number of likely N-dealkylation sites (N-methyl/N-ethyl adjacent to an activating group) is 1. The summed E-state index contributed by atoms with van der Waals surface area (Å²) in [5.74, 6) is 0.139. The van der Waals surface area contributed by atoms with Crippen LogP contribution in [0.3, 0.4) is 0 Å². The molecule has 0 bridgehead atoms. The minimum Gasteiger partial charge on any atom is -0.370 e. The lowest BCUT2D eigenvalue weighted by molar-refractivity contribution is -0.133. The van der Waals surface area contributed by atoms with Gasteiger partial charge in [0.05, 0.1) is 0 Å². The van der Waals surface area contributed by atoms with E-state index in [-0.39, 0.29) is 5.91 Å². The Kier molecular flexibility index (Phi) is 7.46. The average Bonchev–Trinajstić information content (AvgIpc) is 3.12. The summed E-state index contributed by atoms with van der Waals surface area (Å²) in [4.78, 5) is 20.6. The molecule has 0 radical (unpaired) electrons. The van der Waals surface area contributed by atoms with Crippen LogP contribution >= 0.6 is 0 Å². The van der Waals surface area contributed by atoms with Gasteiger partial charge in [0, 0.05) is 39.4 Å². The molecule has 0 unspecified atom stereocenters. The quantitative estimate of drug-likeness (QED) is 0.533. The number of rotatable bonds is 7. The van der Waals surface area contributed by atoms with Crippen LogP contribution in [-0.4, -0.2) is 62.5 Å². The highest BCUT2D eigenvalue weighted by atomic mass is 16.2. The molecule has 0 N–H and O–H groups in total. The second-order valence-corrected chi connectivity index (χ2v) is 9.10. The van der Waals surface area contributed by atoms with Crippen molar-refractivity contribution in [3.8, 4) is 0 Å². The van der Waals surface area contributed by atoms with Gasteiger partial charge in [-0.3, -0.25) is 4.79 Å². The van der Waals surface area contributed by atoms with Gasteiger partial charge in [0.2, 0.25) is 5.91 Å². The first kappa shape index (κ1) is 23.1. The van der Waals surface area contributed by atoms with Crippen LogP contribution in [0.2, 0.25) is 0 Å². The van der Waals surface area contributed by atoms with Crippen molar-refractivity contribution in [2.45, 2.75) is 18.3 Å². The maximum Gasteiger partial charge on any atom is 0.237 e. The summed E-state index contributed by atoms with van der Waals surface area (Å²) in [6.07, 6.45) is 1.88. The monoisotopic (exact) mass is 441 g/mol.